The number of hydrogen-bond donors (Lipinski definition) is 2. The predicted molar refractivity (Wildman–Crippen MR) is 79.5 cm³/mol. The van der Waals surface area contributed by atoms with Gasteiger partial charge in [-0.3, -0.25) is 9.69 Å². The molecule has 0 spiro atoms. The van der Waals surface area contributed by atoms with E-state index in [0.717, 1.165) is 26.1 Å². The van der Waals surface area contributed by atoms with Gasteiger partial charge in [-0.2, -0.15) is 0 Å². The van der Waals surface area contributed by atoms with Crippen LogP contribution in [0.5, 0.6) is 0 Å². The molecule has 1 aromatic carbocycles. The van der Waals surface area contributed by atoms with Gasteiger partial charge in [0.1, 0.15) is 5.54 Å². The van der Waals surface area contributed by atoms with Crippen LogP contribution in [0.2, 0.25) is 0 Å². The SMILES string of the molecule is CCNC(C)(CCCN1Cc2ccccc2C1)C(=O)O. The van der Waals surface area contributed by atoms with E-state index < -0.39 is 11.5 Å². The lowest BCUT2D eigenvalue weighted by atomic mass is 9.95. The van der Waals surface area contributed by atoms with Gasteiger partial charge in [-0.25, -0.2) is 0 Å². The van der Waals surface area contributed by atoms with Crippen LogP contribution in [0, 0.1) is 0 Å². The molecule has 0 saturated carbocycles. The van der Waals surface area contributed by atoms with Crippen LogP contribution in [0.15, 0.2) is 24.3 Å². The van der Waals surface area contributed by atoms with Crippen molar-refractivity contribution in [2.75, 3.05) is 13.1 Å². The van der Waals surface area contributed by atoms with Crippen LogP contribution in [0.1, 0.15) is 37.8 Å². The smallest absolute Gasteiger partial charge is 0.323 e. The molecule has 1 aliphatic heterocycles. The number of carboxylic acid groups (broad SMARTS) is 1. The Kier molecular flexibility index (Phi) is 4.78. The number of carbonyl (C=O) groups is 1. The molecule has 0 bridgehead atoms. The first-order valence-electron chi connectivity index (χ1n) is 7.33. The molecule has 4 nitrogen and oxygen atoms in total. The Morgan fingerprint density at radius 1 is 1.35 bits per heavy atom. The zero-order valence-corrected chi connectivity index (χ0v) is 12.4. The summed E-state index contributed by atoms with van der Waals surface area (Å²) >= 11 is 0. The van der Waals surface area contributed by atoms with Crippen molar-refractivity contribution in [1.82, 2.24) is 10.2 Å². The Morgan fingerprint density at radius 3 is 2.45 bits per heavy atom. The van der Waals surface area contributed by atoms with Gasteiger partial charge in [0.15, 0.2) is 0 Å². The molecule has 110 valence electrons. The van der Waals surface area contributed by atoms with Crippen molar-refractivity contribution in [2.24, 2.45) is 0 Å². The molecule has 2 rings (SSSR count). The minimum atomic E-state index is -0.804. The van der Waals surface area contributed by atoms with Crippen LogP contribution in [0.3, 0.4) is 0 Å². The second kappa shape index (κ2) is 6.37. The molecule has 0 saturated heterocycles. The molecule has 1 aliphatic rings. The summed E-state index contributed by atoms with van der Waals surface area (Å²) in [6.07, 6.45) is 1.55. The minimum Gasteiger partial charge on any atom is -0.480 e. The van der Waals surface area contributed by atoms with Gasteiger partial charge in [-0.15, -0.1) is 0 Å². The highest BCUT2D eigenvalue weighted by Crippen LogP contribution is 2.23. The van der Waals surface area contributed by atoms with Crippen LogP contribution in [0.25, 0.3) is 0 Å². The molecule has 0 fully saturated rings. The fourth-order valence-corrected chi connectivity index (χ4v) is 2.88. The van der Waals surface area contributed by atoms with Crippen LogP contribution >= 0.6 is 0 Å². The molecule has 0 aliphatic carbocycles. The summed E-state index contributed by atoms with van der Waals surface area (Å²) in [4.78, 5) is 13.7. The number of rotatable bonds is 7. The van der Waals surface area contributed by atoms with E-state index in [0.29, 0.717) is 13.0 Å². The highest BCUT2D eigenvalue weighted by Gasteiger charge is 2.31. The highest BCUT2D eigenvalue weighted by atomic mass is 16.4. The fourth-order valence-electron chi connectivity index (χ4n) is 2.88. The highest BCUT2D eigenvalue weighted by molar-refractivity contribution is 5.78. The zero-order chi connectivity index (χ0) is 14.6. The van der Waals surface area contributed by atoms with Crippen LogP contribution in [0.4, 0.5) is 0 Å². The maximum absolute atomic E-state index is 11.3. The number of nitrogens with one attached hydrogen (secondary N) is 1. The van der Waals surface area contributed by atoms with Crippen molar-refractivity contribution < 1.29 is 9.90 Å². The van der Waals surface area contributed by atoms with Gasteiger partial charge in [-0.05, 0) is 44.0 Å². The summed E-state index contributed by atoms with van der Waals surface area (Å²) < 4.78 is 0. The first-order valence-corrected chi connectivity index (χ1v) is 7.33. The fraction of sp³-hybridized carbons (Fsp3) is 0.562. The van der Waals surface area contributed by atoms with E-state index in [2.05, 4.69) is 34.5 Å². The van der Waals surface area contributed by atoms with Gasteiger partial charge in [0.05, 0.1) is 0 Å². The predicted octanol–water partition coefficient (Wildman–Crippen LogP) is 2.24. The average Bonchev–Trinajstić information content (AvgIpc) is 2.81. The Bertz CT molecular complexity index is 450. The lowest BCUT2D eigenvalue weighted by Crippen LogP contribution is -2.49. The van der Waals surface area contributed by atoms with E-state index in [9.17, 15) is 9.90 Å². The van der Waals surface area contributed by atoms with Crippen molar-refractivity contribution in [3.63, 3.8) is 0 Å². The van der Waals surface area contributed by atoms with E-state index in [1.165, 1.54) is 11.1 Å². The number of carboxylic acids is 1. The summed E-state index contributed by atoms with van der Waals surface area (Å²) in [6.45, 7) is 7.32. The second-order valence-electron chi connectivity index (χ2n) is 5.75. The lowest BCUT2D eigenvalue weighted by Gasteiger charge is -2.26. The van der Waals surface area contributed by atoms with Gasteiger partial charge < -0.3 is 10.4 Å². The Hall–Kier alpha value is -1.39. The molecule has 0 aromatic heterocycles. The number of benzene rings is 1. The Labute approximate surface area is 120 Å². The molecule has 4 heteroatoms. The maximum atomic E-state index is 11.3. The van der Waals surface area contributed by atoms with Crippen molar-refractivity contribution in [2.45, 2.75) is 45.3 Å². The number of aliphatic carboxylic acids is 1. The van der Waals surface area contributed by atoms with E-state index in [4.69, 9.17) is 0 Å². The summed E-state index contributed by atoms with van der Waals surface area (Å²) in [6, 6.07) is 8.51. The summed E-state index contributed by atoms with van der Waals surface area (Å²) in [7, 11) is 0. The van der Waals surface area contributed by atoms with E-state index >= 15 is 0 Å². The van der Waals surface area contributed by atoms with E-state index in [1.807, 2.05) is 6.92 Å². The van der Waals surface area contributed by atoms with Gasteiger partial charge in [0.2, 0.25) is 0 Å². The van der Waals surface area contributed by atoms with Gasteiger partial charge >= 0.3 is 5.97 Å². The third-order valence-corrected chi connectivity index (χ3v) is 4.10. The molecule has 1 unspecified atom stereocenters. The lowest BCUT2D eigenvalue weighted by molar-refractivity contribution is -0.144. The zero-order valence-electron chi connectivity index (χ0n) is 12.4. The molecule has 1 heterocycles. The first-order chi connectivity index (χ1) is 9.55. The molecule has 1 atom stereocenters. The standard InChI is InChI=1S/C16H24N2O2/c1-3-17-16(2,15(19)20)9-6-10-18-11-13-7-4-5-8-14(13)12-18/h4-5,7-8,17H,3,6,9-12H2,1-2H3,(H,19,20). The molecular weight excluding hydrogens is 252 g/mol. The van der Waals surface area contributed by atoms with Crippen LogP contribution < -0.4 is 5.32 Å². The summed E-state index contributed by atoms with van der Waals surface area (Å²) in [5.41, 5.74) is 2.00. The molecule has 0 amide bonds. The largest absolute Gasteiger partial charge is 0.480 e. The number of fused-ring (bicyclic) bond motifs is 1. The van der Waals surface area contributed by atoms with Crippen LogP contribution in [-0.2, 0) is 17.9 Å². The van der Waals surface area contributed by atoms with Crippen molar-refractivity contribution in [3.05, 3.63) is 35.4 Å². The van der Waals surface area contributed by atoms with E-state index in [1.54, 1.807) is 6.92 Å². The van der Waals surface area contributed by atoms with E-state index in [-0.39, 0.29) is 0 Å². The van der Waals surface area contributed by atoms with Gasteiger partial charge in [0, 0.05) is 13.1 Å². The molecule has 2 N–H and O–H groups in total. The average molecular weight is 276 g/mol. The van der Waals surface area contributed by atoms with Crippen molar-refractivity contribution in [1.29, 1.82) is 0 Å². The first kappa shape index (κ1) is 15.0. The molecule has 1 aromatic rings. The molecular formula is C16H24N2O2. The normalized spacial score (nSPS) is 17.7. The third kappa shape index (κ3) is 3.38. The topological polar surface area (TPSA) is 52.6 Å². The quantitative estimate of drug-likeness (QED) is 0.802. The number of likely N-dealkylation sites (N-methyl/N-ethyl adjacent to an activating group) is 1. The number of nitrogens with zero attached hydrogens (tertiary/aromatic N) is 1. The van der Waals surface area contributed by atoms with Gasteiger partial charge in [0.25, 0.3) is 0 Å². The summed E-state index contributed by atoms with van der Waals surface area (Å²) in [5.74, 6) is -0.760. The second-order valence-corrected chi connectivity index (χ2v) is 5.75. The Balaban J connectivity index is 1.81. The monoisotopic (exact) mass is 276 g/mol. The number of hydrogen-bond acceptors (Lipinski definition) is 3. The van der Waals surface area contributed by atoms with Crippen molar-refractivity contribution in [3.8, 4) is 0 Å². The van der Waals surface area contributed by atoms with Crippen molar-refractivity contribution >= 4 is 5.97 Å². The Morgan fingerprint density at radius 2 is 1.95 bits per heavy atom. The van der Waals surface area contributed by atoms with Gasteiger partial charge in [-0.1, -0.05) is 31.2 Å². The summed E-state index contributed by atoms with van der Waals surface area (Å²) in [5, 5.41) is 12.4. The molecule has 20 heavy (non-hydrogen) atoms. The third-order valence-electron chi connectivity index (χ3n) is 4.10. The van der Waals surface area contributed by atoms with Crippen LogP contribution in [-0.4, -0.2) is 34.6 Å². The molecule has 0 radical (unpaired) electrons. The maximum Gasteiger partial charge on any atom is 0.323 e. The minimum absolute atomic E-state index is 0.656.